The molecule has 0 aliphatic heterocycles. The number of allylic oxidation sites excluding steroid dienone is 2. The summed E-state index contributed by atoms with van der Waals surface area (Å²) in [7, 11) is 0. The Labute approximate surface area is 99.1 Å². The molecule has 0 bridgehead atoms. The fourth-order valence-electron chi connectivity index (χ4n) is 2.02. The van der Waals surface area contributed by atoms with Gasteiger partial charge < -0.3 is 0 Å². The molecule has 0 radical (unpaired) electrons. The fraction of sp³-hybridized carbons (Fsp3) is 0.357. The van der Waals surface area contributed by atoms with Crippen LogP contribution >= 0.6 is 0 Å². The molecule has 1 aromatic carbocycles. The smallest absolute Gasteiger partial charge is 0.191 e. The average molecular weight is 236 g/mol. The number of Topliss-reactive ketones (excluding diaryl/α,β-unsaturated/α-hetero) is 1. The zero-order valence-corrected chi connectivity index (χ0v) is 9.67. The number of hydrogen-bond donors (Lipinski definition) is 0. The van der Waals surface area contributed by atoms with E-state index in [9.17, 15) is 13.6 Å². The lowest BCUT2D eigenvalue weighted by Crippen LogP contribution is -2.11. The molecule has 0 fully saturated rings. The van der Waals surface area contributed by atoms with E-state index in [1.165, 1.54) is 0 Å². The van der Waals surface area contributed by atoms with Crippen LogP contribution in [0.25, 0.3) is 0 Å². The van der Waals surface area contributed by atoms with Crippen LogP contribution in [0, 0.1) is 17.6 Å². The predicted molar refractivity (Wildman–Crippen MR) is 61.8 cm³/mol. The number of carbonyl (C=O) groups excluding carboxylic acids is 1. The molecule has 0 aromatic heterocycles. The Morgan fingerprint density at radius 3 is 2.76 bits per heavy atom. The normalized spacial score (nSPS) is 19.9. The molecule has 1 nitrogen and oxygen atoms in total. The van der Waals surface area contributed by atoms with Gasteiger partial charge in [-0.1, -0.05) is 13.0 Å². The van der Waals surface area contributed by atoms with Gasteiger partial charge in [0.25, 0.3) is 0 Å². The Balaban J connectivity index is 2.28. The van der Waals surface area contributed by atoms with Crippen molar-refractivity contribution in [2.45, 2.75) is 26.2 Å². The van der Waals surface area contributed by atoms with Crippen molar-refractivity contribution in [1.29, 1.82) is 0 Å². The standard InChI is InChI=1S/C14H14F2O/c1-9-2-4-10(5-3-9)14(17)12-8-11(15)6-7-13(12)16/h4,6-9H,2-3,5H2,1H3. The van der Waals surface area contributed by atoms with Gasteiger partial charge in [-0.25, -0.2) is 8.78 Å². The summed E-state index contributed by atoms with van der Waals surface area (Å²) in [6.45, 7) is 2.11. The van der Waals surface area contributed by atoms with E-state index in [4.69, 9.17) is 0 Å². The third-order valence-corrected chi connectivity index (χ3v) is 3.14. The maximum atomic E-state index is 13.4. The predicted octanol–water partition coefficient (Wildman–Crippen LogP) is 3.89. The van der Waals surface area contributed by atoms with Crippen LogP contribution in [0.2, 0.25) is 0 Å². The van der Waals surface area contributed by atoms with Gasteiger partial charge in [-0.3, -0.25) is 4.79 Å². The lowest BCUT2D eigenvalue weighted by atomic mass is 9.87. The molecule has 0 amide bonds. The van der Waals surface area contributed by atoms with Gasteiger partial charge >= 0.3 is 0 Å². The quantitative estimate of drug-likeness (QED) is 0.712. The van der Waals surface area contributed by atoms with E-state index in [-0.39, 0.29) is 11.3 Å². The molecule has 2 rings (SSSR count). The third kappa shape index (κ3) is 2.60. The van der Waals surface area contributed by atoms with Gasteiger partial charge in [-0.15, -0.1) is 0 Å². The first-order valence-corrected chi connectivity index (χ1v) is 5.76. The maximum absolute atomic E-state index is 13.4. The van der Waals surface area contributed by atoms with Crippen LogP contribution in [-0.4, -0.2) is 5.78 Å². The SMILES string of the molecule is CC1CC=C(C(=O)c2cc(F)ccc2F)CC1. The number of rotatable bonds is 2. The van der Waals surface area contributed by atoms with Crippen LogP contribution in [0.5, 0.6) is 0 Å². The molecule has 1 atom stereocenters. The monoisotopic (exact) mass is 236 g/mol. The van der Waals surface area contributed by atoms with Gasteiger partial charge in [-0.2, -0.15) is 0 Å². The molecule has 3 heteroatoms. The molecule has 1 aliphatic carbocycles. The molecule has 1 unspecified atom stereocenters. The maximum Gasteiger partial charge on any atom is 0.191 e. The lowest BCUT2D eigenvalue weighted by Gasteiger charge is -2.17. The van der Waals surface area contributed by atoms with Crippen LogP contribution in [0.4, 0.5) is 8.78 Å². The summed E-state index contributed by atoms with van der Waals surface area (Å²) in [4.78, 5) is 12.0. The molecule has 0 heterocycles. The molecule has 0 N–H and O–H groups in total. The van der Waals surface area contributed by atoms with Gasteiger partial charge in [0.05, 0.1) is 5.56 Å². The van der Waals surface area contributed by atoms with Gasteiger partial charge in [0, 0.05) is 0 Å². The second-order valence-corrected chi connectivity index (χ2v) is 4.56. The van der Waals surface area contributed by atoms with Crippen molar-refractivity contribution in [1.82, 2.24) is 0 Å². The average Bonchev–Trinajstić information content (AvgIpc) is 2.32. The van der Waals surface area contributed by atoms with Crippen LogP contribution in [-0.2, 0) is 0 Å². The fourth-order valence-corrected chi connectivity index (χ4v) is 2.02. The van der Waals surface area contributed by atoms with Crippen LogP contribution < -0.4 is 0 Å². The Morgan fingerprint density at radius 1 is 1.35 bits per heavy atom. The van der Waals surface area contributed by atoms with Gasteiger partial charge in [0.15, 0.2) is 5.78 Å². The highest BCUT2D eigenvalue weighted by molar-refractivity contribution is 6.08. The van der Waals surface area contributed by atoms with Gasteiger partial charge in [0.2, 0.25) is 0 Å². The molecule has 90 valence electrons. The van der Waals surface area contributed by atoms with E-state index in [0.29, 0.717) is 17.9 Å². The summed E-state index contributed by atoms with van der Waals surface area (Å²) >= 11 is 0. The summed E-state index contributed by atoms with van der Waals surface area (Å²) in [5, 5.41) is 0. The highest BCUT2D eigenvalue weighted by Crippen LogP contribution is 2.26. The van der Waals surface area contributed by atoms with Crippen LogP contribution in [0.3, 0.4) is 0 Å². The zero-order chi connectivity index (χ0) is 12.4. The largest absolute Gasteiger partial charge is 0.289 e. The summed E-state index contributed by atoms with van der Waals surface area (Å²) in [6, 6.07) is 2.98. The molecule has 1 aromatic rings. The van der Waals surface area contributed by atoms with E-state index in [0.717, 1.165) is 31.0 Å². The van der Waals surface area contributed by atoms with Crippen LogP contribution in [0.15, 0.2) is 29.8 Å². The summed E-state index contributed by atoms with van der Waals surface area (Å²) < 4.78 is 26.4. The Bertz CT molecular complexity index is 477. The summed E-state index contributed by atoms with van der Waals surface area (Å²) in [6.07, 6.45) is 4.25. The molecule has 0 spiro atoms. The lowest BCUT2D eigenvalue weighted by molar-refractivity contribution is 0.102. The number of benzene rings is 1. The third-order valence-electron chi connectivity index (χ3n) is 3.14. The van der Waals surface area contributed by atoms with Crippen LogP contribution in [0.1, 0.15) is 36.5 Å². The number of ketones is 1. The number of carbonyl (C=O) groups is 1. The molecule has 1 aliphatic rings. The summed E-state index contributed by atoms with van der Waals surface area (Å²) in [5.74, 6) is -1.06. The molecular formula is C14H14F2O. The van der Waals surface area contributed by atoms with Gasteiger partial charge in [0.1, 0.15) is 11.6 Å². The minimum atomic E-state index is -0.657. The summed E-state index contributed by atoms with van der Waals surface area (Å²) in [5.41, 5.74) is 0.443. The minimum absolute atomic E-state index is 0.161. The van der Waals surface area contributed by atoms with Crippen molar-refractivity contribution in [2.75, 3.05) is 0 Å². The van der Waals surface area contributed by atoms with E-state index in [1.807, 2.05) is 6.08 Å². The van der Waals surface area contributed by atoms with E-state index in [1.54, 1.807) is 0 Å². The number of hydrogen-bond acceptors (Lipinski definition) is 1. The highest BCUT2D eigenvalue weighted by Gasteiger charge is 2.20. The van der Waals surface area contributed by atoms with Crippen molar-refractivity contribution in [3.05, 3.63) is 47.0 Å². The zero-order valence-electron chi connectivity index (χ0n) is 9.67. The second-order valence-electron chi connectivity index (χ2n) is 4.56. The first kappa shape index (κ1) is 12.0. The number of halogens is 2. The molecule has 0 saturated carbocycles. The van der Waals surface area contributed by atoms with E-state index >= 15 is 0 Å². The Hall–Kier alpha value is -1.51. The van der Waals surface area contributed by atoms with Crippen molar-refractivity contribution in [3.63, 3.8) is 0 Å². The highest BCUT2D eigenvalue weighted by atomic mass is 19.1. The van der Waals surface area contributed by atoms with Crippen molar-refractivity contribution in [3.8, 4) is 0 Å². The Kier molecular flexibility index (Phi) is 3.36. The second kappa shape index (κ2) is 4.78. The van der Waals surface area contributed by atoms with Crippen molar-refractivity contribution in [2.24, 2.45) is 5.92 Å². The molecular weight excluding hydrogens is 222 g/mol. The Morgan fingerprint density at radius 2 is 2.12 bits per heavy atom. The molecule has 17 heavy (non-hydrogen) atoms. The van der Waals surface area contributed by atoms with Crippen molar-refractivity contribution < 1.29 is 13.6 Å². The first-order valence-electron chi connectivity index (χ1n) is 5.76. The van der Waals surface area contributed by atoms with E-state index < -0.39 is 11.6 Å². The van der Waals surface area contributed by atoms with Gasteiger partial charge in [-0.05, 0) is 49.0 Å². The first-order chi connectivity index (χ1) is 8.08. The minimum Gasteiger partial charge on any atom is -0.289 e. The topological polar surface area (TPSA) is 17.1 Å². The van der Waals surface area contributed by atoms with E-state index in [2.05, 4.69) is 6.92 Å². The molecule has 0 saturated heterocycles. The van der Waals surface area contributed by atoms with Crippen molar-refractivity contribution >= 4 is 5.78 Å².